The van der Waals surface area contributed by atoms with Gasteiger partial charge in [0, 0.05) is 16.8 Å². The lowest BCUT2D eigenvalue weighted by Crippen LogP contribution is -2.12. The Hall–Kier alpha value is -3.22. The van der Waals surface area contributed by atoms with Crippen molar-refractivity contribution in [3.05, 3.63) is 53.6 Å². The summed E-state index contributed by atoms with van der Waals surface area (Å²) in [6.45, 7) is 1.80. The number of benzene rings is 1. The van der Waals surface area contributed by atoms with Crippen molar-refractivity contribution in [3.8, 4) is 11.3 Å². The molecule has 0 atom stereocenters. The van der Waals surface area contributed by atoms with Crippen molar-refractivity contribution in [2.24, 2.45) is 5.73 Å². The van der Waals surface area contributed by atoms with E-state index in [1.807, 2.05) is 0 Å². The zero-order valence-electron chi connectivity index (χ0n) is 11.6. The lowest BCUT2D eigenvalue weighted by molar-refractivity contribution is 0.0693. The van der Waals surface area contributed by atoms with Crippen LogP contribution in [0.3, 0.4) is 0 Å². The maximum Gasteiger partial charge on any atom is 0.358 e. The summed E-state index contributed by atoms with van der Waals surface area (Å²) in [5, 5.41) is 9.18. The first kappa shape index (κ1) is 13.7. The number of carbonyl (C=O) groups excluding carboxylic acids is 1. The molecular weight excluding hydrogens is 284 g/mol. The van der Waals surface area contributed by atoms with E-state index in [9.17, 15) is 14.7 Å². The minimum Gasteiger partial charge on any atom is -0.476 e. The molecule has 1 aromatic carbocycles. The van der Waals surface area contributed by atoms with E-state index in [-0.39, 0.29) is 11.3 Å². The highest BCUT2D eigenvalue weighted by molar-refractivity contribution is 5.99. The van der Waals surface area contributed by atoms with Crippen LogP contribution in [0.2, 0.25) is 0 Å². The van der Waals surface area contributed by atoms with Crippen LogP contribution in [-0.4, -0.2) is 31.4 Å². The average molecular weight is 296 g/mol. The highest BCUT2D eigenvalue weighted by atomic mass is 16.4. The van der Waals surface area contributed by atoms with E-state index >= 15 is 0 Å². The van der Waals surface area contributed by atoms with Gasteiger partial charge >= 0.3 is 5.97 Å². The van der Waals surface area contributed by atoms with E-state index in [1.165, 1.54) is 6.33 Å². The quantitative estimate of drug-likeness (QED) is 0.761. The van der Waals surface area contributed by atoms with Gasteiger partial charge in [-0.25, -0.2) is 14.8 Å². The first-order valence-corrected chi connectivity index (χ1v) is 6.46. The van der Waals surface area contributed by atoms with E-state index in [1.54, 1.807) is 41.7 Å². The molecule has 0 radical (unpaired) electrons. The van der Waals surface area contributed by atoms with Gasteiger partial charge in [0.05, 0.1) is 5.69 Å². The number of fused-ring (bicyclic) bond motifs is 1. The predicted octanol–water partition coefficient (Wildman–Crippen LogP) is 1.50. The molecule has 22 heavy (non-hydrogen) atoms. The van der Waals surface area contributed by atoms with Crippen molar-refractivity contribution in [2.45, 2.75) is 6.92 Å². The van der Waals surface area contributed by atoms with Crippen LogP contribution in [0, 0.1) is 6.92 Å². The fourth-order valence-corrected chi connectivity index (χ4v) is 2.33. The van der Waals surface area contributed by atoms with Crippen molar-refractivity contribution in [1.82, 2.24) is 14.4 Å². The second-order valence-electron chi connectivity index (χ2n) is 4.78. The van der Waals surface area contributed by atoms with Crippen LogP contribution in [0.4, 0.5) is 0 Å². The fraction of sp³-hybridized carbons (Fsp3) is 0.0667. The Morgan fingerprint density at radius 3 is 2.68 bits per heavy atom. The van der Waals surface area contributed by atoms with Crippen LogP contribution >= 0.6 is 0 Å². The van der Waals surface area contributed by atoms with Gasteiger partial charge in [-0.1, -0.05) is 18.2 Å². The standard InChI is InChI=1S/C15H12N4O3/c1-8-6-11(9-4-2-3-5-10(9)13(16)20)18-14-12(15(21)22)17-7-19(8)14/h2-7H,1H3,(H2,16,20)(H,21,22). The van der Waals surface area contributed by atoms with Crippen LogP contribution in [0.5, 0.6) is 0 Å². The van der Waals surface area contributed by atoms with E-state index in [2.05, 4.69) is 9.97 Å². The molecule has 0 aliphatic rings. The molecule has 0 saturated heterocycles. The summed E-state index contributed by atoms with van der Waals surface area (Å²) in [5.41, 5.74) is 7.58. The summed E-state index contributed by atoms with van der Waals surface area (Å²) in [6, 6.07) is 8.54. The Kier molecular flexibility index (Phi) is 3.10. The lowest BCUT2D eigenvalue weighted by Gasteiger charge is -2.08. The molecule has 0 fully saturated rings. The molecule has 0 saturated carbocycles. The Labute approximate surface area is 125 Å². The fourth-order valence-electron chi connectivity index (χ4n) is 2.33. The lowest BCUT2D eigenvalue weighted by atomic mass is 10.0. The number of hydrogen-bond donors (Lipinski definition) is 2. The number of nitrogens with two attached hydrogens (primary N) is 1. The van der Waals surface area contributed by atoms with Crippen molar-refractivity contribution in [3.63, 3.8) is 0 Å². The number of aryl methyl sites for hydroxylation is 1. The molecule has 2 aromatic heterocycles. The SMILES string of the molecule is Cc1cc(-c2ccccc2C(N)=O)nc2c(C(=O)O)ncn12. The van der Waals surface area contributed by atoms with E-state index in [4.69, 9.17) is 5.73 Å². The molecule has 0 spiro atoms. The maximum absolute atomic E-state index is 11.6. The molecule has 110 valence electrons. The van der Waals surface area contributed by atoms with Gasteiger partial charge in [-0.3, -0.25) is 9.20 Å². The van der Waals surface area contributed by atoms with Gasteiger partial charge < -0.3 is 10.8 Å². The van der Waals surface area contributed by atoms with Crippen molar-refractivity contribution in [2.75, 3.05) is 0 Å². The van der Waals surface area contributed by atoms with Crippen molar-refractivity contribution >= 4 is 17.5 Å². The minimum absolute atomic E-state index is 0.137. The third-order valence-electron chi connectivity index (χ3n) is 3.37. The van der Waals surface area contributed by atoms with Crippen LogP contribution in [0.15, 0.2) is 36.7 Å². The van der Waals surface area contributed by atoms with Crippen molar-refractivity contribution < 1.29 is 14.7 Å². The van der Waals surface area contributed by atoms with E-state index < -0.39 is 11.9 Å². The highest BCUT2D eigenvalue weighted by Crippen LogP contribution is 2.24. The molecule has 0 bridgehead atoms. The van der Waals surface area contributed by atoms with Gasteiger partial charge in [-0.15, -0.1) is 0 Å². The Balaban J connectivity index is 2.31. The van der Waals surface area contributed by atoms with Gasteiger partial charge in [-0.05, 0) is 19.1 Å². The number of carboxylic acid groups (broad SMARTS) is 1. The predicted molar refractivity (Wildman–Crippen MR) is 78.6 cm³/mol. The molecule has 3 aromatic rings. The van der Waals surface area contributed by atoms with Gasteiger partial charge in [0.2, 0.25) is 5.91 Å². The molecule has 3 rings (SSSR count). The largest absolute Gasteiger partial charge is 0.476 e. The van der Waals surface area contributed by atoms with E-state index in [0.717, 1.165) is 5.69 Å². The third kappa shape index (κ3) is 2.08. The molecule has 2 heterocycles. The molecule has 0 unspecified atom stereocenters. The zero-order chi connectivity index (χ0) is 15.9. The molecule has 3 N–H and O–H groups in total. The van der Waals surface area contributed by atoms with Crippen LogP contribution in [0.1, 0.15) is 26.5 Å². The summed E-state index contributed by atoms with van der Waals surface area (Å²) in [7, 11) is 0. The number of rotatable bonds is 3. The molecule has 1 amide bonds. The summed E-state index contributed by atoms with van der Waals surface area (Å²) in [4.78, 5) is 31.0. The number of imidazole rings is 1. The van der Waals surface area contributed by atoms with Gasteiger partial charge in [0.15, 0.2) is 11.3 Å². The number of aromatic nitrogens is 3. The molecule has 7 heteroatoms. The zero-order valence-corrected chi connectivity index (χ0v) is 11.6. The van der Waals surface area contributed by atoms with E-state index in [0.29, 0.717) is 16.8 Å². The van der Waals surface area contributed by atoms with Gasteiger partial charge in [0.1, 0.15) is 6.33 Å². The second kappa shape index (κ2) is 4.96. The number of amides is 1. The number of hydrogen-bond acceptors (Lipinski definition) is 4. The summed E-state index contributed by atoms with van der Waals surface area (Å²) in [6.07, 6.45) is 1.41. The van der Waals surface area contributed by atoms with Crippen LogP contribution in [0.25, 0.3) is 16.9 Å². The highest BCUT2D eigenvalue weighted by Gasteiger charge is 2.17. The summed E-state index contributed by atoms with van der Waals surface area (Å²) >= 11 is 0. The Morgan fingerprint density at radius 2 is 2.00 bits per heavy atom. The first-order valence-electron chi connectivity index (χ1n) is 6.46. The second-order valence-corrected chi connectivity index (χ2v) is 4.78. The molecular formula is C15H12N4O3. The number of carbonyl (C=O) groups is 2. The maximum atomic E-state index is 11.6. The topological polar surface area (TPSA) is 111 Å². The minimum atomic E-state index is -1.16. The van der Waals surface area contributed by atoms with Crippen LogP contribution in [-0.2, 0) is 0 Å². The Morgan fingerprint density at radius 1 is 1.27 bits per heavy atom. The molecule has 0 aliphatic heterocycles. The van der Waals surface area contributed by atoms with Gasteiger partial charge in [0.25, 0.3) is 0 Å². The van der Waals surface area contributed by atoms with Crippen molar-refractivity contribution in [1.29, 1.82) is 0 Å². The number of primary amides is 1. The third-order valence-corrected chi connectivity index (χ3v) is 3.37. The molecule has 0 aliphatic carbocycles. The Bertz CT molecular complexity index is 914. The first-order chi connectivity index (χ1) is 10.5. The smallest absolute Gasteiger partial charge is 0.358 e. The number of carboxylic acids is 1. The summed E-state index contributed by atoms with van der Waals surface area (Å²) in [5.74, 6) is -1.73. The summed E-state index contributed by atoms with van der Waals surface area (Å²) < 4.78 is 1.58. The molecule has 7 nitrogen and oxygen atoms in total. The normalized spacial score (nSPS) is 10.8. The van der Waals surface area contributed by atoms with Crippen LogP contribution < -0.4 is 5.73 Å². The van der Waals surface area contributed by atoms with Gasteiger partial charge in [-0.2, -0.15) is 0 Å². The monoisotopic (exact) mass is 296 g/mol. The average Bonchev–Trinajstić information content (AvgIpc) is 2.91. The number of aromatic carboxylic acids is 1. The number of nitrogens with zero attached hydrogens (tertiary/aromatic N) is 3.